The number of hydrogen-bond acceptors (Lipinski definition) is 3. The van der Waals surface area contributed by atoms with E-state index in [0.717, 1.165) is 27.8 Å². The van der Waals surface area contributed by atoms with Crippen molar-refractivity contribution >= 4 is 16.0 Å². The third-order valence-electron chi connectivity index (χ3n) is 4.78. The molecule has 0 heterocycles. The quantitative estimate of drug-likeness (QED) is 0.776. The topological polar surface area (TPSA) is 83.5 Å². The van der Waals surface area contributed by atoms with Crippen LogP contribution in [0.3, 0.4) is 0 Å². The average molecular weight is 375 g/mol. The molecule has 5 nitrogen and oxygen atoms in total. The van der Waals surface area contributed by atoms with Crippen LogP contribution >= 0.6 is 0 Å². The van der Waals surface area contributed by atoms with Gasteiger partial charge in [-0.1, -0.05) is 36.4 Å². The Balaban J connectivity index is 2.33. The van der Waals surface area contributed by atoms with Crippen LogP contribution in [0.2, 0.25) is 0 Å². The first kappa shape index (κ1) is 20.1. The van der Waals surface area contributed by atoms with Crippen molar-refractivity contribution in [3.8, 4) is 0 Å². The number of hydrogen-bond donors (Lipinski definition) is 2. The molecule has 0 amide bonds. The minimum atomic E-state index is -3.75. The van der Waals surface area contributed by atoms with Crippen molar-refractivity contribution in [3.63, 3.8) is 0 Å². The summed E-state index contributed by atoms with van der Waals surface area (Å²) in [6.07, 6.45) is -0.142. The Morgan fingerprint density at radius 1 is 1.04 bits per heavy atom. The van der Waals surface area contributed by atoms with Gasteiger partial charge in [0.2, 0.25) is 10.0 Å². The Morgan fingerprint density at radius 2 is 1.58 bits per heavy atom. The molecule has 140 valence electrons. The molecule has 0 saturated carbocycles. The summed E-state index contributed by atoms with van der Waals surface area (Å²) < 4.78 is 28.5. The summed E-state index contributed by atoms with van der Waals surface area (Å²) in [6.45, 7) is 7.39. The van der Waals surface area contributed by atoms with Crippen molar-refractivity contribution in [1.82, 2.24) is 4.72 Å². The molecule has 6 heteroatoms. The van der Waals surface area contributed by atoms with Crippen molar-refractivity contribution in [2.24, 2.45) is 0 Å². The monoisotopic (exact) mass is 375 g/mol. The Morgan fingerprint density at radius 3 is 2.08 bits per heavy atom. The first-order valence-electron chi connectivity index (χ1n) is 8.47. The maximum Gasteiger partial charge on any atom is 0.304 e. The number of aliphatic carboxylic acids is 1. The van der Waals surface area contributed by atoms with Crippen molar-refractivity contribution in [2.45, 2.75) is 44.9 Å². The predicted octanol–water partition coefficient (Wildman–Crippen LogP) is 3.46. The highest BCUT2D eigenvalue weighted by atomic mass is 32.2. The lowest BCUT2D eigenvalue weighted by Gasteiger charge is -2.19. The van der Waals surface area contributed by atoms with E-state index in [1.54, 1.807) is 13.8 Å². The van der Waals surface area contributed by atoms with E-state index in [1.807, 2.05) is 50.2 Å². The van der Waals surface area contributed by atoms with Crippen LogP contribution in [0.1, 0.15) is 40.2 Å². The van der Waals surface area contributed by atoms with Gasteiger partial charge >= 0.3 is 5.97 Å². The van der Waals surface area contributed by atoms with E-state index in [2.05, 4.69) is 4.72 Å². The van der Waals surface area contributed by atoms with Crippen molar-refractivity contribution in [3.05, 3.63) is 64.2 Å². The first-order chi connectivity index (χ1) is 12.1. The second-order valence-corrected chi connectivity index (χ2v) is 8.35. The SMILES string of the molecule is Cc1cc(C)c(C)c(S(=O)(=O)NC[C@@H](CC(=O)O)c2ccccc2)c1C. The van der Waals surface area contributed by atoms with E-state index in [-0.39, 0.29) is 17.9 Å². The van der Waals surface area contributed by atoms with Gasteiger partial charge in [0.15, 0.2) is 0 Å². The molecule has 0 fully saturated rings. The molecule has 2 N–H and O–H groups in total. The summed E-state index contributed by atoms with van der Waals surface area (Å²) >= 11 is 0. The van der Waals surface area contributed by atoms with Gasteiger partial charge in [-0.25, -0.2) is 13.1 Å². The molecular formula is C20H25NO4S. The number of carboxylic acids is 1. The number of carbonyl (C=O) groups is 1. The maximum atomic E-state index is 12.9. The van der Waals surface area contributed by atoms with E-state index in [0.29, 0.717) is 0 Å². The molecule has 0 saturated heterocycles. The van der Waals surface area contributed by atoms with E-state index >= 15 is 0 Å². The van der Waals surface area contributed by atoms with Crippen molar-refractivity contribution < 1.29 is 18.3 Å². The zero-order chi connectivity index (χ0) is 19.5. The highest BCUT2D eigenvalue weighted by Crippen LogP contribution is 2.27. The fraction of sp³-hybridized carbons (Fsp3) is 0.350. The molecule has 0 aliphatic carbocycles. The van der Waals surface area contributed by atoms with Gasteiger partial charge in [0.05, 0.1) is 11.3 Å². The second kappa shape index (κ2) is 8.01. The fourth-order valence-corrected chi connectivity index (χ4v) is 4.80. The van der Waals surface area contributed by atoms with Crippen LogP contribution < -0.4 is 4.72 Å². The van der Waals surface area contributed by atoms with Gasteiger partial charge in [0.25, 0.3) is 0 Å². The van der Waals surface area contributed by atoms with Gasteiger partial charge in [-0.15, -0.1) is 0 Å². The largest absolute Gasteiger partial charge is 0.481 e. The standard InChI is InChI=1S/C20H25NO4S/c1-13-10-14(2)16(4)20(15(13)3)26(24,25)21-12-18(11-19(22)23)17-8-6-5-7-9-17/h5-10,18,21H,11-12H2,1-4H3,(H,22,23)/t18-/m1/s1. The summed E-state index contributed by atoms with van der Waals surface area (Å²) in [7, 11) is -3.75. The number of carboxylic acid groups (broad SMARTS) is 1. The summed E-state index contributed by atoms with van der Waals surface area (Å²) in [6, 6.07) is 11.1. The van der Waals surface area contributed by atoms with Gasteiger partial charge in [-0.3, -0.25) is 4.79 Å². The van der Waals surface area contributed by atoms with Crippen LogP contribution in [0.15, 0.2) is 41.3 Å². The van der Waals surface area contributed by atoms with Crippen LogP contribution in [0.4, 0.5) is 0 Å². The van der Waals surface area contributed by atoms with Gasteiger partial charge in [0, 0.05) is 12.5 Å². The summed E-state index contributed by atoms with van der Waals surface area (Å²) in [5.41, 5.74) is 4.06. The molecule has 0 aliphatic rings. The van der Waals surface area contributed by atoms with E-state index in [4.69, 9.17) is 0 Å². The van der Waals surface area contributed by atoms with Crippen LogP contribution in [-0.4, -0.2) is 26.0 Å². The zero-order valence-corrected chi connectivity index (χ0v) is 16.4. The molecule has 2 aromatic rings. The van der Waals surface area contributed by atoms with Gasteiger partial charge in [0.1, 0.15) is 0 Å². The Labute approximate surface area is 155 Å². The van der Waals surface area contributed by atoms with E-state index in [9.17, 15) is 18.3 Å². The normalized spacial score (nSPS) is 12.8. The molecule has 0 unspecified atom stereocenters. The van der Waals surface area contributed by atoms with Gasteiger partial charge in [-0.2, -0.15) is 0 Å². The summed E-state index contributed by atoms with van der Waals surface area (Å²) in [5, 5.41) is 9.18. The molecule has 1 atom stereocenters. The van der Waals surface area contributed by atoms with Crippen LogP contribution in [-0.2, 0) is 14.8 Å². The Hall–Kier alpha value is -2.18. The van der Waals surface area contributed by atoms with E-state index < -0.39 is 21.9 Å². The molecule has 26 heavy (non-hydrogen) atoms. The van der Waals surface area contributed by atoms with Crippen LogP contribution in [0, 0.1) is 27.7 Å². The van der Waals surface area contributed by atoms with Crippen molar-refractivity contribution in [1.29, 1.82) is 0 Å². The second-order valence-electron chi connectivity index (χ2n) is 6.65. The molecule has 0 aliphatic heterocycles. The minimum absolute atomic E-state index is 0.0323. The Bertz CT molecular complexity index is 879. The van der Waals surface area contributed by atoms with Gasteiger partial charge < -0.3 is 5.11 Å². The Kier molecular flexibility index (Phi) is 6.21. The summed E-state index contributed by atoms with van der Waals surface area (Å²) in [5.74, 6) is -1.40. The number of rotatable bonds is 7. The first-order valence-corrected chi connectivity index (χ1v) is 9.95. The van der Waals surface area contributed by atoms with Crippen molar-refractivity contribution in [2.75, 3.05) is 6.54 Å². The number of benzene rings is 2. The van der Waals surface area contributed by atoms with Crippen LogP contribution in [0.25, 0.3) is 0 Å². The fourth-order valence-electron chi connectivity index (χ4n) is 3.11. The zero-order valence-electron chi connectivity index (χ0n) is 15.5. The lowest BCUT2D eigenvalue weighted by Crippen LogP contribution is -2.31. The molecule has 0 spiro atoms. The molecule has 2 rings (SSSR count). The third-order valence-corrected chi connectivity index (χ3v) is 6.47. The molecule has 0 radical (unpaired) electrons. The number of aryl methyl sites for hydroxylation is 2. The lowest BCUT2D eigenvalue weighted by molar-refractivity contribution is -0.137. The molecule has 2 aromatic carbocycles. The highest BCUT2D eigenvalue weighted by Gasteiger charge is 2.24. The maximum absolute atomic E-state index is 12.9. The highest BCUT2D eigenvalue weighted by molar-refractivity contribution is 7.89. The average Bonchev–Trinajstić information content (AvgIpc) is 2.57. The molecule has 0 aromatic heterocycles. The lowest BCUT2D eigenvalue weighted by atomic mass is 9.96. The van der Waals surface area contributed by atoms with Gasteiger partial charge in [-0.05, 0) is 55.5 Å². The molecule has 0 bridgehead atoms. The minimum Gasteiger partial charge on any atom is -0.481 e. The molecular weight excluding hydrogens is 350 g/mol. The number of nitrogens with one attached hydrogen (secondary N) is 1. The smallest absolute Gasteiger partial charge is 0.304 e. The van der Waals surface area contributed by atoms with E-state index in [1.165, 1.54) is 0 Å². The predicted molar refractivity (Wildman–Crippen MR) is 102 cm³/mol. The summed E-state index contributed by atoms with van der Waals surface area (Å²) in [4.78, 5) is 11.5. The number of sulfonamides is 1. The van der Waals surface area contributed by atoms with Crippen LogP contribution in [0.5, 0.6) is 0 Å². The third kappa shape index (κ3) is 4.51.